The number of hydrogen-bond donors (Lipinski definition) is 1. The van der Waals surface area contributed by atoms with Gasteiger partial charge in [-0.25, -0.2) is 5.43 Å². The quantitative estimate of drug-likeness (QED) is 0.620. The third-order valence-electron chi connectivity index (χ3n) is 3.39. The summed E-state index contributed by atoms with van der Waals surface area (Å²) in [5.41, 5.74) is 5.28. The van der Waals surface area contributed by atoms with Crippen LogP contribution in [0.4, 0.5) is 0 Å². The van der Waals surface area contributed by atoms with E-state index < -0.39 is 0 Å². The maximum Gasteiger partial charge on any atom is 0.277 e. The van der Waals surface area contributed by atoms with E-state index in [4.69, 9.17) is 14.2 Å². The predicted octanol–water partition coefficient (Wildman–Crippen LogP) is 2.85. The van der Waals surface area contributed by atoms with E-state index in [2.05, 4.69) is 10.5 Å². The number of benzene rings is 2. The number of nitrogens with zero attached hydrogens (tertiary/aromatic N) is 1. The molecule has 0 spiro atoms. The minimum absolute atomic E-state index is 0.116. The highest BCUT2D eigenvalue weighted by molar-refractivity contribution is 5.86. The number of aryl methyl sites for hydroxylation is 2. The first-order valence-corrected chi connectivity index (χ1v) is 7.77. The molecule has 0 saturated heterocycles. The number of ether oxygens (including phenoxy) is 3. The highest BCUT2D eigenvalue weighted by Crippen LogP contribution is 2.29. The molecule has 0 fully saturated rings. The standard InChI is InChI=1S/C19H22N2O4/c1-13-8-14(2)10-16(9-13)25-12-18(22)21-20-11-15-6-5-7-17(23-3)19(15)24-4/h5-11H,12H2,1-4H3,(H,21,22)/b20-11+. The largest absolute Gasteiger partial charge is 0.493 e. The molecule has 6 nitrogen and oxygen atoms in total. The Labute approximate surface area is 147 Å². The molecule has 0 saturated carbocycles. The van der Waals surface area contributed by atoms with Crippen molar-refractivity contribution >= 4 is 12.1 Å². The van der Waals surface area contributed by atoms with Gasteiger partial charge in [-0.3, -0.25) is 4.79 Å². The van der Waals surface area contributed by atoms with E-state index in [1.165, 1.54) is 6.21 Å². The lowest BCUT2D eigenvalue weighted by molar-refractivity contribution is -0.123. The van der Waals surface area contributed by atoms with Crippen LogP contribution >= 0.6 is 0 Å². The highest BCUT2D eigenvalue weighted by Gasteiger charge is 2.08. The van der Waals surface area contributed by atoms with Gasteiger partial charge in [-0.1, -0.05) is 12.1 Å². The minimum atomic E-state index is -0.350. The van der Waals surface area contributed by atoms with Gasteiger partial charge in [0, 0.05) is 5.56 Å². The Morgan fingerprint density at radius 1 is 1.12 bits per heavy atom. The van der Waals surface area contributed by atoms with Crippen LogP contribution in [0, 0.1) is 13.8 Å². The molecule has 2 aromatic carbocycles. The molecule has 0 heterocycles. The molecule has 132 valence electrons. The minimum Gasteiger partial charge on any atom is -0.493 e. The zero-order valence-electron chi connectivity index (χ0n) is 14.8. The lowest BCUT2D eigenvalue weighted by Crippen LogP contribution is -2.24. The summed E-state index contributed by atoms with van der Waals surface area (Å²) in [6.07, 6.45) is 1.50. The highest BCUT2D eigenvalue weighted by atomic mass is 16.5. The fourth-order valence-electron chi connectivity index (χ4n) is 2.38. The van der Waals surface area contributed by atoms with Crippen molar-refractivity contribution in [2.75, 3.05) is 20.8 Å². The molecule has 0 radical (unpaired) electrons. The number of nitrogens with one attached hydrogen (secondary N) is 1. The van der Waals surface area contributed by atoms with Crippen molar-refractivity contribution in [2.24, 2.45) is 5.10 Å². The van der Waals surface area contributed by atoms with E-state index in [1.807, 2.05) is 44.2 Å². The molecule has 25 heavy (non-hydrogen) atoms. The fraction of sp³-hybridized carbons (Fsp3) is 0.263. The number of rotatable bonds is 7. The van der Waals surface area contributed by atoms with Gasteiger partial charge in [0.1, 0.15) is 5.75 Å². The Morgan fingerprint density at radius 3 is 2.48 bits per heavy atom. The Kier molecular flexibility index (Phi) is 6.39. The second-order valence-electron chi connectivity index (χ2n) is 5.49. The molecule has 0 bridgehead atoms. The van der Waals surface area contributed by atoms with E-state index in [-0.39, 0.29) is 12.5 Å². The van der Waals surface area contributed by atoms with Crippen LogP contribution in [0.5, 0.6) is 17.2 Å². The molecular weight excluding hydrogens is 320 g/mol. The summed E-state index contributed by atoms with van der Waals surface area (Å²) in [4.78, 5) is 11.8. The van der Waals surface area contributed by atoms with Crippen molar-refractivity contribution in [2.45, 2.75) is 13.8 Å². The summed E-state index contributed by atoms with van der Waals surface area (Å²) in [6.45, 7) is 3.84. The molecule has 2 aromatic rings. The topological polar surface area (TPSA) is 69.2 Å². The van der Waals surface area contributed by atoms with Crippen LogP contribution in [-0.4, -0.2) is 32.9 Å². The first kappa shape index (κ1) is 18.3. The first-order chi connectivity index (χ1) is 12.0. The van der Waals surface area contributed by atoms with Crippen LogP contribution in [0.15, 0.2) is 41.5 Å². The van der Waals surface area contributed by atoms with Gasteiger partial charge in [-0.15, -0.1) is 0 Å². The SMILES string of the molecule is COc1cccc(/C=N/NC(=O)COc2cc(C)cc(C)c2)c1OC. The molecule has 1 N–H and O–H groups in total. The van der Waals surface area contributed by atoms with Crippen molar-refractivity contribution < 1.29 is 19.0 Å². The van der Waals surface area contributed by atoms with E-state index in [0.29, 0.717) is 22.8 Å². The van der Waals surface area contributed by atoms with Gasteiger partial charge in [-0.2, -0.15) is 5.10 Å². The van der Waals surface area contributed by atoms with Crippen LogP contribution in [0.1, 0.15) is 16.7 Å². The lowest BCUT2D eigenvalue weighted by Gasteiger charge is -2.09. The third-order valence-corrected chi connectivity index (χ3v) is 3.39. The average Bonchev–Trinajstić information content (AvgIpc) is 2.58. The summed E-state index contributed by atoms with van der Waals surface area (Å²) in [6, 6.07) is 11.2. The molecule has 2 rings (SSSR count). The molecule has 0 atom stereocenters. The van der Waals surface area contributed by atoms with Crippen LogP contribution in [0.25, 0.3) is 0 Å². The molecule has 0 aromatic heterocycles. The predicted molar refractivity (Wildman–Crippen MR) is 96.7 cm³/mol. The summed E-state index contributed by atoms with van der Waals surface area (Å²) in [5, 5.41) is 3.93. The average molecular weight is 342 g/mol. The number of para-hydroxylation sites is 1. The molecule has 0 unspecified atom stereocenters. The van der Waals surface area contributed by atoms with Gasteiger partial charge < -0.3 is 14.2 Å². The van der Waals surface area contributed by atoms with Gasteiger partial charge in [-0.05, 0) is 49.2 Å². The second-order valence-corrected chi connectivity index (χ2v) is 5.49. The van der Waals surface area contributed by atoms with Crippen molar-refractivity contribution in [1.29, 1.82) is 0 Å². The number of methoxy groups -OCH3 is 2. The van der Waals surface area contributed by atoms with Gasteiger partial charge >= 0.3 is 0 Å². The normalized spacial score (nSPS) is 10.6. The van der Waals surface area contributed by atoms with Crippen molar-refractivity contribution in [3.05, 3.63) is 53.1 Å². The number of carbonyl (C=O) groups is 1. The maximum absolute atomic E-state index is 11.8. The van der Waals surface area contributed by atoms with Crippen molar-refractivity contribution in [3.8, 4) is 17.2 Å². The Balaban J connectivity index is 1.92. The summed E-state index contributed by atoms with van der Waals surface area (Å²) >= 11 is 0. The number of carbonyl (C=O) groups excluding carboxylic acids is 1. The van der Waals surface area contributed by atoms with Gasteiger partial charge in [0.05, 0.1) is 20.4 Å². The van der Waals surface area contributed by atoms with Crippen molar-refractivity contribution in [3.63, 3.8) is 0 Å². The summed E-state index contributed by atoms with van der Waals surface area (Å²) in [7, 11) is 3.11. The third kappa shape index (κ3) is 5.24. The Hall–Kier alpha value is -3.02. The van der Waals surface area contributed by atoms with Crippen LogP contribution < -0.4 is 19.6 Å². The van der Waals surface area contributed by atoms with E-state index in [1.54, 1.807) is 20.3 Å². The summed E-state index contributed by atoms with van der Waals surface area (Å²) in [5.74, 6) is 1.45. The van der Waals surface area contributed by atoms with Gasteiger partial charge in [0.25, 0.3) is 5.91 Å². The molecular formula is C19H22N2O4. The monoisotopic (exact) mass is 342 g/mol. The summed E-state index contributed by atoms with van der Waals surface area (Å²) < 4.78 is 16.0. The van der Waals surface area contributed by atoms with Crippen LogP contribution in [0.3, 0.4) is 0 Å². The second kappa shape index (κ2) is 8.73. The smallest absolute Gasteiger partial charge is 0.277 e. The Bertz CT molecular complexity index is 752. The van der Waals surface area contributed by atoms with E-state index in [9.17, 15) is 4.79 Å². The maximum atomic E-state index is 11.8. The lowest BCUT2D eigenvalue weighted by atomic mass is 10.1. The van der Waals surface area contributed by atoms with Crippen molar-refractivity contribution in [1.82, 2.24) is 5.43 Å². The van der Waals surface area contributed by atoms with E-state index in [0.717, 1.165) is 11.1 Å². The van der Waals surface area contributed by atoms with Gasteiger partial charge in [0.2, 0.25) is 0 Å². The molecule has 6 heteroatoms. The fourth-order valence-corrected chi connectivity index (χ4v) is 2.38. The van der Waals surface area contributed by atoms with Gasteiger partial charge in [0.15, 0.2) is 18.1 Å². The Morgan fingerprint density at radius 2 is 1.84 bits per heavy atom. The van der Waals surface area contributed by atoms with E-state index >= 15 is 0 Å². The molecule has 0 aliphatic rings. The zero-order valence-corrected chi connectivity index (χ0v) is 14.8. The van der Waals surface area contributed by atoms with Crippen LogP contribution in [-0.2, 0) is 4.79 Å². The molecule has 0 aliphatic carbocycles. The van der Waals surface area contributed by atoms with Crippen LogP contribution in [0.2, 0.25) is 0 Å². The number of hydrazone groups is 1. The molecule has 1 amide bonds. The number of amides is 1. The first-order valence-electron chi connectivity index (χ1n) is 7.77. The zero-order chi connectivity index (χ0) is 18.2. The number of hydrogen-bond acceptors (Lipinski definition) is 5. The molecule has 0 aliphatic heterocycles.